The van der Waals surface area contributed by atoms with E-state index >= 15 is 0 Å². The number of carbonyl (C=O) groups excluding carboxylic acids is 1. The van der Waals surface area contributed by atoms with E-state index in [1.165, 1.54) is 32.3 Å². The molecule has 1 aromatic carbocycles. The topological polar surface area (TPSA) is 75.3 Å². The van der Waals surface area contributed by atoms with Gasteiger partial charge in [0.05, 0.1) is 5.52 Å². The van der Waals surface area contributed by atoms with Gasteiger partial charge in [-0.2, -0.15) is 0 Å². The first-order valence-electron chi connectivity index (χ1n) is 8.26. The smallest absolute Gasteiger partial charge is 0.253 e. The molecule has 2 aliphatic rings. The summed E-state index contributed by atoms with van der Waals surface area (Å²) in [5.41, 5.74) is 7.24. The predicted octanol–water partition coefficient (Wildman–Crippen LogP) is 1.52. The Morgan fingerprint density at radius 2 is 2.00 bits per heavy atom. The number of anilines is 1. The summed E-state index contributed by atoms with van der Waals surface area (Å²) in [5.74, 6) is 0.537. The van der Waals surface area contributed by atoms with Crippen LogP contribution in [0.5, 0.6) is 0 Å². The van der Waals surface area contributed by atoms with Crippen LogP contribution in [0.1, 0.15) is 29.6 Å². The Kier molecular flexibility index (Phi) is 3.61. The number of carbonyl (C=O) groups is 1. The van der Waals surface area contributed by atoms with Crippen molar-refractivity contribution in [1.82, 2.24) is 19.8 Å². The molecule has 0 aliphatic carbocycles. The highest BCUT2D eigenvalue weighted by molar-refractivity contribution is 5.99. The number of aromatic nitrogens is 2. The molecule has 2 fully saturated rings. The van der Waals surface area contributed by atoms with E-state index < -0.39 is 0 Å². The minimum atomic E-state index is 0.0887. The van der Waals surface area contributed by atoms with E-state index in [-0.39, 0.29) is 5.91 Å². The zero-order valence-electron chi connectivity index (χ0n) is 13.1. The molecule has 0 radical (unpaired) electrons. The number of fused-ring (bicyclic) bond motifs is 1. The lowest BCUT2D eigenvalue weighted by Crippen LogP contribution is -2.37. The Balaban J connectivity index is 1.53. The standard InChI is InChI=1S/C17H21N5O/c18-16-14-4-3-12(9-15(14)19-11-20-16)17(23)22-8-5-13(10-22)21-6-1-2-7-21/h3-4,9,11,13H,1-2,5-8,10H2,(H2,18,19,20). The van der Waals surface area contributed by atoms with E-state index in [0.29, 0.717) is 17.4 Å². The summed E-state index contributed by atoms with van der Waals surface area (Å²) in [6, 6.07) is 6.01. The van der Waals surface area contributed by atoms with Crippen LogP contribution in [-0.2, 0) is 0 Å². The maximum absolute atomic E-state index is 12.8. The number of amides is 1. The van der Waals surface area contributed by atoms with Crippen molar-refractivity contribution in [3.63, 3.8) is 0 Å². The van der Waals surface area contributed by atoms with E-state index in [1.807, 2.05) is 23.1 Å². The lowest BCUT2D eigenvalue weighted by molar-refractivity contribution is 0.0780. The lowest BCUT2D eigenvalue weighted by atomic mass is 10.1. The van der Waals surface area contributed by atoms with Crippen LogP contribution < -0.4 is 5.73 Å². The fourth-order valence-corrected chi connectivity index (χ4v) is 3.72. The Bertz CT molecular complexity index is 741. The van der Waals surface area contributed by atoms with Crippen molar-refractivity contribution in [2.45, 2.75) is 25.3 Å². The molecule has 0 bridgehead atoms. The predicted molar refractivity (Wildman–Crippen MR) is 89.1 cm³/mol. The molecule has 0 saturated carbocycles. The molecule has 0 spiro atoms. The molecular formula is C17H21N5O. The summed E-state index contributed by atoms with van der Waals surface area (Å²) >= 11 is 0. The van der Waals surface area contributed by atoms with Crippen molar-refractivity contribution in [3.8, 4) is 0 Å². The van der Waals surface area contributed by atoms with E-state index in [9.17, 15) is 4.79 Å². The van der Waals surface area contributed by atoms with Gasteiger partial charge in [0.25, 0.3) is 5.91 Å². The Hall–Kier alpha value is -2.21. The maximum atomic E-state index is 12.8. The van der Waals surface area contributed by atoms with Crippen LogP contribution in [0.15, 0.2) is 24.5 Å². The number of likely N-dealkylation sites (tertiary alicyclic amines) is 2. The number of nitrogen functional groups attached to an aromatic ring is 1. The van der Waals surface area contributed by atoms with Crippen LogP contribution in [0.3, 0.4) is 0 Å². The maximum Gasteiger partial charge on any atom is 0.253 e. The Morgan fingerprint density at radius 3 is 2.83 bits per heavy atom. The van der Waals surface area contributed by atoms with Gasteiger partial charge in [-0.25, -0.2) is 9.97 Å². The average molecular weight is 311 g/mol. The summed E-state index contributed by atoms with van der Waals surface area (Å²) in [4.78, 5) is 25.5. The van der Waals surface area contributed by atoms with Crippen LogP contribution >= 0.6 is 0 Å². The molecule has 6 nitrogen and oxygen atoms in total. The Labute approximate surface area is 135 Å². The highest BCUT2D eigenvalue weighted by Crippen LogP contribution is 2.23. The third kappa shape index (κ3) is 2.63. The quantitative estimate of drug-likeness (QED) is 0.910. The molecule has 120 valence electrons. The minimum Gasteiger partial charge on any atom is -0.383 e. The molecule has 3 heterocycles. The van der Waals surface area contributed by atoms with Crippen LogP contribution in [-0.4, -0.2) is 57.9 Å². The fraction of sp³-hybridized carbons (Fsp3) is 0.471. The van der Waals surface area contributed by atoms with Gasteiger partial charge >= 0.3 is 0 Å². The molecule has 1 aromatic heterocycles. The summed E-state index contributed by atoms with van der Waals surface area (Å²) in [6.07, 6.45) is 5.09. The third-order valence-electron chi connectivity index (χ3n) is 5.02. The van der Waals surface area contributed by atoms with Gasteiger partial charge in [-0.1, -0.05) is 0 Å². The zero-order valence-corrected chi connectivity index (χ0v) is 13.1. The monoisotopic (exact) mass is 311 g/mol. The first-order chi connectivity index (χ1) is 11.2. The number of nitrogens with zero attached hydrogens (tertiary/aromatic N) is 4. The van der Waals surface area contributed by atoms with E-state index in [1.54, 1.807) is 0 Å². The lowest BCUT2D eigenvalue weighted by Gasteiger charge is -2.23. The van der Waals surface area contributed by atoms with Gasteiger partial charge in [-0.05, 0) is 50.6 Å². The van der Waals surface area contributed by atoms with Crippen molar-refractivity contribution in [3.05, 3.63) is 30.1 Å². The van der Waals surface area contributed by atoms with E-state index in [2.05, 4.69) is 14.9 Å². The second kappa shape index (κ2) is 5.77. The van der Waals surface area contributed by atoms with Gasteiger partial charge < -0.3 is 10.6 Å². The van der Waals surface area contributed by atoms with Crippen molar-refractivity contribution < 1.29 is 4.79 Å². The zero-order chi connectivity index (χ0) is 15.8. The summed E-state index contributed by atoms with van der Waals surface area (Å²) < 4.78 is 0. The number of benzene rings is 1. The molecule has 2 aliphatic heterocycles. The van der Waals surface area contributed by atoms with Crippen LogP contribution in [0.4, 0.5) is 5.82 Å². The van der Waals surface area contributed by atoms with Gasteiger partial charge in [0.15, 0.2) is 0 Å². The molecule has 6 heteroatoms. The van der Waals surface area contributed by atoms with Crippen molar-refractivity contribution in [1.29, 1.82) is 0 Å². The Morgan fingerprint density at radius 1 is 1.17 bits per heavy atom. The molecule has 2 saturated heterocycles. The summed E-state index contributed by atoms with van der Waals surface area (Å²) in [7, 11) is 0. The van der Waals surface area contributed by atoms with Gasteiger partial charge in [0.1, 0.15) is 12.1 Å². The van der Waals surface area contributed by atoms with Gasteiger partial charge in [-0.3, -0.25) is 9.69 Å². The highest BCUT2D eigenvalue weighted by atomic mass is 16.2. The SMILES string of the molecule is Nc1ncnc2cc(C(=O)N3CCC(N4CCCC4)C3)ccc12. The number of rotatable bonds is 2. The minimum absolute atomic E-state index is 0.0887. The molecule has 23 heavy (non-hydrogen) atoms. The number of nitrogens with two attached hydrogens (primary N) is 1. The molecule has 2 N–H and O–H groups in total. The highest BCUT2D eigenvalue weighted by Gasteiger charge is 2.31. The molecule has 1 amide bonds. The molecule has 1 atom stereocenters. The molecule has 4 rings (SSSR count). The number of hydrogen-bond donors (Lipinski definition) is 1. The third-order valence-corrected chi connectivity index (χ3v) is 5.02. The molecule has 2 aromatic rings. The largest absolute Gasteiger partial charge is 0.383 e. The first-order valence-corrected chi connectivity index (χ1v) is 8.26. The van der Waals surface area contributed by atoms with E-state index in [0.717, 1.165) is 30.4 Å². The summed E-state index contributed by atoms with van der Waals surface area (Å²) in [5, 5.41) is 0.792. The molecular weight excluding hydrogens is 290 g/mol. The van der Waals surface area contributed by atoms with Crippen molar-refractivity contribution >= 4 is 22.6 Å². The second-order valence-electron chi connectivity index (χ2n) is 6.43. The van der Waals surface area contributed by atoms with Gasteiger partial charge in [0, 0.05) is 30.1 Å². The van der Waals surface area contributed by atoms with Crippen LogP contribution in [0.2, 0.25) is 0 Å². The van der Waals surface area contributed by atoms with Gasteiger partial charge in [0.2, 0.25) is 0 Å². The first kappa shape index (κ1) is 14.4. The van der Waals surface area contributed by atoms with Crippen molar-refractivity contribution in [2.75, 3.05) is 31.9 Å². The van der Waals surface area contributed by atoms with Gasteiger partial charge in [-0.15, -0.1) is 0 Å². The van der Waals surface area contributed by atoms with E-state index in [4.69, 9.17) is 5.73 Å². The normalized spacial score (nSPS) is 22.1. The summed E-state index contributed by atoms with van der Waals surface area (Å²) in [6.45, 7) is 4.03. The van der Waals surface area contributed by atoms with Crippen molar-refractivity contribution in [2.24, 2.45) is 0 Å². The number of hydrogen-bond acceptors (Lipinski definition) is 5. The second-order valence-corrected chi connectivity index (χ2v) is 6.43. The fourth-order valence-electron chi connectivity index (χ4n) is 3.72. The average Bonchev–Trinajstić information content (AvgIpc) is 3.25. The van der Waals surface area contributed by atoms with Crippen LogP contribution in [0.25, 0.3) is 10.9 Å². The van der Waals surface area contributed by atoms with Crippen LogP contribution in [0, 0.1) is 0 Å². The molecule has 1 unspecified atom stereocenters.